The van der Waals surface area contributed by atoms with Crippen LogP contribution in [-0.2, 0) is 9.53 Å². The van der Waals surface area contributed by atoms with Crippen molar-refractivity contribution < 1.29 is 9.53 Å². The summed E-state index contributed by atoms with van der Waals surface area (Å²) in [5.74, 6) is -0.228. The quantitative estimate of drug-likeness (QED) is 0.627. The first-order valence-electron chi connectivity index (χ1n) is 6.55. The Morgan fingerprint density at radius 2 is 2.25 bits per heavy atom. The zero-order valence-corrected chi connectivity index (χ0v) is 13.7. The molecule has 1 aromatic carbocycles. The van der Waals surface area contributed by atoms with Crippen molar-refractivity contribution in [3.63, 3.8) is 0 Å². The Morgan fingerprint density at radius 3 is 2.80 bits per heavy atom. The third-order valence-electron chi connectivity index (χ3n) is 3.14. The topological polar surface area (TPSA) is 55.6 Å². The molecule has 108 valence electrons. The highest BCUT2D eigenvalue weighted by Crippen LogP contribution is 2.36. The molecule has 0 unspecified atom stereocenters. The maximum absolute atomic E-state index is 11.8. The second-order valence-corrected chi connectivity index (χ2v) is 5.96. The Kier molecular flexibility index (Phi) is 4.99. The highest BCUT2D eigenvalue weighted by molar-refractivity contribution is 9.10. The molecule has 1 saturated carbocycles. The molecule has 0 amide bonds. The molecule has 1 aromatic rings. The van der Waals surface area contributed by atoms with E-state index >= 15 is 0 Å². The van der Waals surface area contributed by atoms with Crippen molar-refractivity contribution >= 4 is 44.8 Å². The van der Waals surface area contributed by atoms with Crippen LogP contribution in [0.5, 0.6) is 0 Å². The molecular formula is C14H17BrN2O2S. The van der Waals surface area contributed by atoms with Crippen LogP contribution in [-0.4, -0.2) is 30.2 Å². The van der Waals surface area contributed by atoms with Crippen molar-refractivity contribution in [2.24, 2.45) is 5.73 Å². The fraction of sp³-hybridized carbons (Fsp3) is 0.429. The van der Waals surface area contributed by atoms with Crippen molar-refractivity contribution in [2.45, 2.75) is 25.8 Å². The van der Waals surface area contributed by atoms with E-state index in [0.717, 1.165) is 28.6 Å². The molecule has 20 heavy (non-hydrogen) atoms. The molecule has 0 aliphatic heterocycles. The van der Waals surface area contributed by atoms with Gasteiger partial charge in [-0.2, -0.15) is 0 Å². The van der Waals surface area contributed by atoms with E-state index in [2.05, 4.69) is 15.9 Å². The van der Waals surface area contributed by atoms with Crippen LogP contribution in [0.3, 0.4) is 0 Å². The summed E-state index contributed by atoms with van der Waals surface area (Å²) in [7, 11) is 0. The van der Waals surface area contributed by atoms with E-state index in [1.54, 1.807) is 6.92 Å². The van der Waals surface area contributed by atoms with E-state index in [9.17, 15) is 4.79 Å². The van der Waals surface area contributed by atoms with Gasteiger partial charge in [-0.15, -0.1) is 0 Å². The maximum Gasteiger partial charge on any atom is 0.325 e. The molecule has 0 bridgehead atoms. The normalized spacial score (nSPS) is 13.9. The third kappa shape index (κ3) is 3.49. The van der Waals surface area contributed by atoms with Crippen molar-refractivity contribution in [3.05, 3.63) is 28.2 Å². The summed E-state index contributed by atoms with van der Waals surface area (Å²) in [6.07, 6.45) is 2.14. The number of hydrogen-bond acceptors (Lipinski definition) is 4. The summed E-state index contributed by atoms with van der Waals surface area (Å²) in [5, 5.41) is 0. The molecule has 6 heteroatoms. The highest BCUT2D eigenvalue weighted by atomic mass is 79.9. The molecule has 0 radical (unpaired) electrons. The summed E-state index contributed by atoms with van der Waals surface area (Å²) in [5.41, 5.74) is 7.49. The SMILES string of the molecule is CCOC(=O)CN(c1cccc(Br)c1C(N)=S)C1CC1. The van der Waals surface area contributed by atoms with E-state index in [-0.39, 0.29) is 12.5 Å². The molecule has 0 saturated heterocycles. The fourth-order valence-electron chi connectivity index (χ4n) is 2.14. The number of carbonyl (C=O) groups excluding carboxylic acids is 1. The molecule has 2 rings (SSSR count). The van der Waals surface area contributed by atoms with Gasteiger partial charge >= 0.3 is 5.97 Å². The number of thiocarbonyl (C=S) groups is 1. The molecule has 0 heterocycles. The van der Waals surface area contributed by atoms with Crippen LogP contribution in [0, 0.1) is 0 Å². The predicted molar refractivity (Wildman–Crippen MR) is 87.0 cm³/mol. The smallest absolute Gasteiger partial charge is 0.325 e. The average Bonchev–Trinajstić information content (AvgIpc) is 3.19. The number of ether oxygens (including phenoxy) is 1. The minimum atomic E-state index is -0.228. The van der Waals surface area contributed by atoms with Gasteiger partial charge in [0.1, 0.15) is 11.5 Å². The summed E-state index contributed by atoms with van der Waals surface area (Å²) in [6.45, 7) is 2.42. The number of carbonyl (C=O) groups is 1. The lowest BCUT2D eigenvalue weighted by Gasteiger charge is -2.26. The molecule has 2 N–H and O–H groups in total. The molecular weight excluding hydrogens is 340 g/mol. The molecule has 1 fully saturated rings. The van der Waals surface area contributed by atoms with Gasteiger partial charge in [-0.25, -0.2) is 0 Å². The van der Waals surface area contributed by atoms with Crippen molar-refractivity contribution in [2.75, 3.05) is 18.1 Å². The lowest BCUT2D eigenvalue weighted by atomic mass is 10.1. The van der Waals surface area contributed by atoms with Gasteiger partial charge in [0, 0.05) is 21.8 Å². The maximum atomic E-state index is 11.8. The van der Waals surface area contributed by atoms with Gasteiger partial charge in [0.15, 0.2) is 0 Å². The van der Waals surface area contributed by atoms with Crippen LogP contribution in [0.4, 0.5) is 5.69 Å². The number of esters is 1. The van der Waals surface area contributed by atoms with Crippen LogP contribution in [0.15, 0.2) is 22.7 Å². The number of nitrogens with two attached hydrogens (primary N) is 1. The van der Waals surface area contributed by atoms with Crippen LogP contribution >= 0.6 is 28.1 Å². The first kappa shape index (κ1) is 15.3. The molecule has 0 spiro atoms. The van der Waals surface area contributed by atoms with Gasteiger partial charge in [-0.05, 0) is 47.8 Å². The minimum absolute atomic E-state index is 0.227. The number of benzene rings is 1. The van der Waals surface area contributed by atoms with Crippen LogP contribution in [0.1, 0.15) is 25.3 Å². The van der Waals surface area contributed by atoms with Crippen LogP contribution in [0.2, 0.25) is 0 Å². The summed E-state index contributed by atoms with van der Waals surface area (Å²) < 4.78 is 5.89. The number of halogens is 1. The predicted octanol–water partition coefficient (Wildman–Crippen LogP) is 2.62. The molecule has 4 nitrogen and oxygen atoms in total. The van der Waals surface area contributed by atoms with Gasteiger partial charge in [-0.1, -0.05) is 18.3 Å². The first-order chi connectivity index (χ1) is 9.54. The number of rotatable bonds is 6. The van der Waals surface area contributed by atoms with E-state index in [0.29, 0.717) is 17.6 Å². The average molecular weight is 357 g/mol. The number of hydrogen-bond donors (Lipinski definition) is 1. The van der Waals surface area contributed by atoms with Gasteiger partial charge < -0.3 is 15.4 Å². The van der Waals surface area contributed by atoms with Gasteiger partial charge in [0.05, 0.1) is 6.61 Å². The monoisotopic (exact) mass is 356 g/mol. The zero-order valence-electron chi connectivity index (χ0n) is 11.3. The van der Waals surface area contributed by atoms with E-state index in [1.807, 2.05) is 23.1 Å². The summed E-state index contributed by atoms with van der Waals surface area (Å²) in [6, 6.07) is 6.12. The second kappa shape index (κ2) is 6.54. The lowest BCUT2D eigenvalue weighted by Crippen LogP contribution is -2.34. The molecule has 1 aliphatic rings. The molecule has 1 aliphatic carbocycles. The first-order valence-corrected chi connectivity index (χ1v) is 7.75. The van der Waals surface area contributed by atoms with Crippen molar-refractivity contribution in [3.8, 4) is 0 Å². The van der Waals surface area contributed by atoms with Gasteiger partial charge in [-0.3, -0.25) is 4.79 Å². The fourth-order valence-corrected chi connectivity index (χ4v) is 3.05. The van der Waals surface area contributed by atoms with Gasteiger partial charge in [0.2, 0.25) is 0 Å². The molecule has 0 atom stereocenters. The number of anilines is 1. The van der Waals surface area contributed by atoms with E-state index < -0.39 is 0 Å². The Hall–Kier alpha value is -1.14. The number of nitrogens with zero attached hydrogens (tertiary/aromatic N) is 1. The van der Waals surface area contributed by atoms with Crippen LogP contribution < -0.4 is 10.6 Å². The summed E-state index contributed by atoms with van der Waals surface area (Å²) >= 11 is 8.61. The largest absolute Gasteiger partial charge is 0.465 e. The van der Waals surface area contributed by atoms with Crippen molar-refractivity contribution in [1.82, 2.24) is 0 Å². The minimum Gasteiger partial charge on any atom is -0.465 e. The highest BCUT2D eigenvalue weighted by Gasteiger charge is 2.32. The Labute approximate surface area is 132 Å². The van der Waals surface area contributed by atoms with Crippen molar-refractivity contribution in [1.29, 1.82) is 0 Å². The summed E-state index contributed by atoms with van der Waals surface area (Å²) in [4.78, 5) is 14.1. The lowest BCUT2D eigenvalue weighted by molar-refractivity contribution is -0.141. The van der Waals surface area contributed by atoms with Crippen LogP contribution in [0.25, 0.3) is 0 Å². The second-order valence-electron chi connectivity index (χ2n) is 4.66. The standard InChI is InChI=1S/C14H17BrN2O2S/c1-2-19-12(18)8-17(9-6-7-9)11-5-3-4-10(15)13(11)14(16)20/h3-5,9H,2,6-8H2,1H3,(H2,16,20). The Bertz CT molecular complexity index is 532. The Balaban J connectivity index is 2.32. The molecule has 0 aromatic heterocycles. The van der Waals surface area contributed by atoms with Gasteiger partial charge in [0.25, 0.3) is 0 Å². The van der Waals surface area contributed by atoms with E-state index in [4.69, 9.17) is 22.7 Å². The Morgan fingerprint density at radius 1 is 1.55 bits per heavy atom. The third-order valence-corrected chi connectivity index (χ3v) is 4.00. The zero-order chi connectivity index (χ0) is 14.7. The van der Waals surface area contributed by atoms with E-state index in [1.165, 1.54) is 0 Å².